The summed E-state index contributed by atoms with van der Waals surface area (Å²) in [6, 6.07) is 14.6. The van der Waals surface area contributed by atoms with Crippen molar-refractivity contribution in [1.29, 1.82) is 0 Å². The van der Waals surface area contributed by atoms with Crippen LogP contribution in [-0.4, -0.2) is 11.1 Å². The lowest BCUT2D eigenvalue weighted by molar-refractivity contribution is 0.0950. The van der Waals surface area contributed by atoms with Crippen LogP contribution in [0.15, 0.2) is 53.1 Å². The highest BCUT2D eigenvalue weighted by molar-refractivity contribution is 6.35. The van der Waals surface area contributed by atoms with Crippen molar-refractivity contribution < 1.29 is 9.32 Å². The molecule has 3 rings (SSSR count). The Bertz CT molecular complexity index is 876. The SMILES string of the molecule is Cc1onc(-c2ccccc2)c1C(=O)NCc1ccc(Cl)cc1Cl. The lowest BCUT2D eigenvalue weighted by atomic mass is 10.1. The van der Waals surface area contributed by atoms with Crippen molar-refractivity contribution in [3.63, 3.8) is 0 Å². The van der Waals surface area contributed by atoms with Gasteiger partial charge in [0.2, 0.25) is 0 Å². The smallest absolute Gasteiger partial charge is 0.257 e. The maximum atomic E-state index is 12.6. The molecule has 2 aromatic carbocycles. The van der Waals surface area contributed by atoms with E-state index in [2.05, 4.69) is 10.5 Å². The van der Waals surface area contributed by atoms with Gasteiger partial charge in [0.05, 0.1) is 0 Å². The second-order valence-corrected chi connectivity index (χ2v) is 6.09. The number of amides is 1. The van der Waals surface area contributed by atoms with E-state index < -0.39 is 0 Å². The van der Waals surface area contributed by atoms with Gasteiger partial charge in [0, 0.05) is 22.2 Å². The van der Waals surface area contributed by atoms with E-state index >= 15 is 0 Å². The first-order chi connectivity index (χ1) is 11.6. The molecule has 0 fully saturated rings. The fourth-order valence-corrected chi connectivity index (χ4v) is 2.84. The van der Waals surface area contributed by atoms with Crippen molar-refractivity contribution in [3.05, 3.63) is 75.5 Å². The normalized spacial score (nSPS) is 10.6. The number of hydrogen-bond donors (Lipinski definition) is 1. The summed E-state index contributed by atoms with van der Waals surface area (Å²) in [5, 5.41) is 7.92. The third kappa shape index (κ3) is 3.45. The Morgan fingerprint density at radius 2 is 1.92 bits per heavy atom. The zero-order chi connectivity index (χ0) is 17.1. The number of aromatic nitrogens is 1. The van der Waals surface area contributed by atoms with Gasteiger partial charge in [-0.3, -0.25) is 4.79 Å². The van der Waals surface area contributed by atoms with Gasteiger partial charge in [0.25, 0.3) is 5.91 Å². The van der Waals surface area contributed by atoms with E-state index in [-0.39, 0.29) is 12.5 Å². The van der Waals surface area contributed by atoms with Gasteiger partial charge in [-0.1, -0.05) is 64.8 Å². The Labute approximate surface area is 149 Å². The average Bonchev–Trinajstić information content (AvgIpc) is 2.96. The second-order valence-electron chi connectivity index (χ2n) is 5.25. The quantitative estimate of drug-likeness (QED) is 0.720. The van der Waals surface area contributed by atoms with E-state index in [1.165, 1.54) is 0 Å². The third-order valence-corrected chi connectivity index (χ3v) is 4.18. The molecule has 0 aliphatic carbocycles. The van der Waals surface area contributed by atoms with Gasteiger partial charge < -0.3 is 9.84 Å². The van der Waals surface area contributed by atoms with E-state index in [4.69, 9.17) is 27.7 Å². The number of benzene rings is 2. The molecule has 0 saturated heterocycles. The first kappa shape index (κ1) is 16.6. The highest BCUT2D eigenvalue weighted by atomic mass is 35.5. The molecule has 0 unspecified atom stereocenters. The largest absolute Gasteiger partial charge is 0.360 e. The molecule has 1 heterocycles. The van der Waals surface area contributed by atoms with Crippen molar-refractivity contribution in [2.75, 3.05) is 0 Å². The lowest BCUT2D eigenvalue weighted by Gasteiger charge is -2.08. The van der Waals surface area contributed by atoms with Gasteiger partial charge in [0.15, 0.2) is 0 Å². The average molecular weight is 361 g/mol. The molecule has 4 nitrogen and oxygen atoms in total. The van der Waals surface area contributed by atoms with Gasteiger partial charge in [-0.25, -0.2) is 0 Å². The first-order valence-corrected chi connectivity index (χ1v) is 8.05. The summed E-state index contributed by atoms with van der Waals surface area (Å²) in [6.07, 6.45) is 0. The molecule has 0 saturated carbocycles. The summed E-state index contributed by atoms with van der Waals surface area (Å²) in [5.74, 6) is 0.201. The number of carbonyl (C=O) groups excluding carboxylic acids is 1. The van der Waals surface area contributed by atoms with E-state index in [0.29, 0.717) is 27.1 Å². The molecular weight excluding hydrogens is 347 g/mol. The maximum Gasteiger partial charge on any atom is 0.257 e. The minimum absolute atomic E-state index is 0.265. The zero-order valence-corrected chi connectivity index (χ0v) is 14.4. The Balaban J connectivity index is 1.82. The molecule has 0 atom stereocenters. The molecule has 1 aromatic heterocycles. The van der Waals surface area contributed by atoms with Crippen molar-refractivity contribution in [1.82, 2.24) is 10.5 Å². The molecule has 122 valence electrons. The van der Waals surface area contributed by atoms with Crippen LogP contribution in [0.4, 0.5) is 0 Å². The van der Waals surface area contributed by atoms with E-state index in [9.17, 15) is 4.79 Å². The second kappa shape index (κ2) is 7.07. The number of aryl methyl sites for hydroxylation is 1. The van der Waals surface area contributed by atoms with Crippen LogP contribution in [0.3, 0.4) is 0 Å². The Hall–Kier alpha value is -2.30. The molecule has 1 amide bonds. The minimum Gasteiger partial charge on any atom is -0.360 e. The van der Waals surface area contributed by atoms with Crippen LogP contribution in [0, 0.1) is 6.92 Å². The molecule has 0 radical (unpaired) electrons. The molecular formula is C18H14Cl2N2O2. The van der Waals surface area contributed by atoms with Gasteiger partial charge in [0.1, 0.15) is 17.0 Å². The Morgan fingerprint density at radius 1 is 1.17 bits per heavy atom. The molecule has 0 aliphatic rings. The summed E-state index contributed by atoms with van der Waals surface area (Å²) < 4.78 is 5.21. The number of halogens is 2. The topological polar surface area (TPSA) is 55.1 Å². The van der Waals surface area contributed by atoms with Crippen molar-refractivity contribution in [3.8, 4) is 11.3 Å². The lowest BCUT2D eigenvalue weighted by Crippen LogP contribution is -2.23. The minimum atomic E-state index is -0.265. The standard InChI is InChI=1S/C18H14Cl2N2O2/c1-11-16(17(22-24-11)12-5-3-2-4-6-12)18(23)21-10-13-7-8-14(19)9-15(13)20/h2-9H,10H2,1H3,(H,21,23). The van der Waals surface area contributed by atoms with Crippen LogP contribution >= 0.6 is 23.2 Å². The molecule has 0 aliphatic heterocycles. The Kier molecular flexibility index (Phi) is 4.88. The summed E-state index contributed by atoms with van der Waals surface area (Å²) in [5.41, 5.74) is 2.55. The van der Waals surface area contributed by atoms with Crippen LogP contribution < -0.4 is 5.32 Å². The van der Waals surface area contributed by atoms with E-state index in [1.54, 1.807) is 25.1 Å². The predicted molar refractivity (Wildman–Crippen MR) is 94.3 cm³/mol. The predicted octanol–water partition coefficient (Wildman–Crippen LogP) is 4.89. The molecule has 1 N–H and O–H groups in total. The maximum absolute atomic E-state index is 12.6. The number of hydrogen-bond acceptors (Lipinski definition) is 3. The van der Waals surface area contributed by atoms with E-state index in [1.807, 2.05) is 30.3 Å². The molecule has 6 heteroatoms. The van der Waals surface area contributed by atoms with Gasteiger partial charge in [-0.15, -0.1) is 0 Å². The summed E-state index contributed by atoms with van der Waals surface area (Å²) in [7, 11) is 0. The third-order valence-electron chi connectivity index (χ3n) is 3.59. The fourth-order valence-electron chi connectivity index (χ4n) is 2.36. The van der Waals surface area contributed by atoms with E-state index in [0.717, 1.165) is 11.1 Å². The molecule has 0 bridgehead atoms. The summed E-state index contributed by atoms with van der Waals surface area (Å²) in [4.78, 5) is 12.6. The zero-order valence-electron chi connectivity index (χ0n) is 12.8. The van der Waals surface area contributed by atoms with Crippen molar-refractivity contribution >= 4 is 29.1 Å². The monoisotopic (exact) mass is 360 g/mol. The fraction of sp³-hybridized carbons (Fsp3) is 0.111. The van der Waals surface area contributed by atoms with Gasteiger partial charge in [-0.2, -0.15) is 0 Å². The van der Waals surface area contributed by atoms with Crippen molar-refractivity contribution in [2.45, 2.75) is 13.5 Å². The van der Waals surface area contributed by atoms with Crippen LogP contribution in [0.2, 0.25) is 10.0 Å². The molecule has 24 heavy (non-hydrogen) atoms. The number of nitrogens with zero attached hydrogens (tertiary/aromatic N) is 1. The number of carbonyl (C=O) groups is 1. The first-order valence-electron chi connectivity index (χ1n) is 7.30. The van der Waals surface area contributed by atoms with Gasteiger partial charge >= 0.3 is 0 Å². The van der Waals surface area contributed by atoms with Crippen LogP contribution in [-0.2, 0) is 6.54 Å². The highest BCUT2D eigenvalue weighted by Gasteiger charge is 2.21. The van der Waals surface area contributed by atoms with Crippen LogP contribution in [0.1, 0.15) is 21.7 Å². The summed E-state index contributed by atoms with van der Waals surface area (Å²) >= 11 is 12.0. The highest BCUT2D eigenvalue weighted by Crippen LogP contribution is 2.25. The van der Waals surface area contributed by atoms with Crippen LogP contribution in [0.5, 0.6) is 0 Å². The summed E-state index contributed by atoms with van der Waals surface area (Å²) in [6.45, 7) is 2.00. The molecule has 3 aromatic rings. The Morgan fingerprint density at radius 3 is 2.62 bits per heavy atom. The van der Waals surface area contributed by atoms with Crippen molar-refractivity contribution in [2.24, 2.45) is 0 Å². The van der Waals surface area contributed by atoms with Gasteiger partial charge in [-0.05, 0) is 24.6 Å². The molecule has 0 spiro atoms. The number of rotatable bonds is 4. The number of nitrogens with one attached hydrogen (secondary N) is 1. The van der Waals surface area contributed by atoms with Crippen LogP contribution in [0.25, 0.3) is 11.3 Å².